The van der Waals surface area contributed by atoms with E-state index in [9.17, 15) is 0 Å². The van der Waals surface area contributed by atoms with E-state index in [-0.39, 0.29) is 5.92 Å². The van der Waals surface area contributed by atoms with E-state index in [2.05, 4.69) is 16.5 Å². The van der Waals surface area contributed by atoms with Crippen LogP contribution in [0.4, 0.5) is 0 Å². The van der Waals surface area contributed by atoms with Gasteiger partial charge in [-0.05, 0) is 12.8 Å². The van der Waals surface area contributed by atoms with Gasteiger partial charge in [-0.2, -0.15) is 5.26 Å². The molecule has 1 aromatic heterocycles. The summed E-state index contributed by atoms with van der Waals surface area (Å²) in [6, 6.07) is 4.50. The first kappa shape index (κ1) is 9.22. The summed E-state index contributed by atoms with van der Waals surface area (Å²) in [6.45, 7) is 0.669. The molecule has 0 aliphatic heterocycles. The smallest absolute Gasteiger partial charge is 0.150 e. The zero-order valence-corrected chi connectivity index (χ0v) is 7.94. The molecule has 0 bridgehead atoms. The quantitative estimate of drug-likeness (QED) is 0.785. The number of nitriles is 1. The monoisotopic (exact) mass is 191 g/mol. The maximum atomic E-state index is 8.87. The van der Waals surface area contributed by atoms with Gasteiger partial charge in [-0.15, -0.1) is 0 Å². The molecule has 14 heavy (non-hydrogen) atoms. The highest BCUT2D eigenvalue weighted by atomic mass is 16.5. The summed E-state index contributed by atoms with van der Waals surface area (Å²) < 4.78 is 4.97. The summed E-state index contributed by atoms with van der Waals surface area (Å²) in [4.78, 5) is 0. The molecule has 1 aliphatic rings. The number of rotatable bonds is 3. The standard InChI is InChI=1S/C10H13N3O/c11-6-8-2-1-3-10(8)12-7-9-4-5-13-14-9/h4-5,8,10,12H,1-3,7H2. The predicted octanol–water partition coefficient (Wildman–Crippen LogP) is 1.46. The largest absolute Gasteiger partial charge is 0.360 e. The lowest BCUT2D eigenvalue weighted by molar-refractivity contribution is 0.355. The van der Waals surface area contributed by atoms with E-state index in [4.69, 9.17) is 9.78 Å². The Morgan fingerprint density at radius 2 is 2.57 bits per heavy atom. The predicted molar refractivity (Wildman–Crippen MR) is 50.1 cm³/mol. The highest BCUT2D eigenvalue weighted by molar-refractivity contribution is 4.99. The molecule has 0 aromatic carbocycles. The lowest BCUT2D eigenvalue weighted by atomic mass is 10.1. The van der Waals surface area contributed by atoms with Gasteiger partial charge in [0.05, 0.1) is 24.7 Å². The van der Waals surface area contributed by atoms with Gasteiger partial charge in [-0.1, -0.05) is 11.6 Å². The maximum Gasteiger partial charge on any atom is 0.150 e. The van der Waals surface area contributed by atoms with Crippen LogP contribution in [0.1, 0.15) is 25.0 Å². The summed E-state index contributed by atoms with van der Waals surface area (Å²) in [7, 11) is 0. The summed E-state index contributed by atoms with van der Waals surface area (Å²) >= 11 is 0. The van der Waals surface area contributed by atoms with Gasteiger partial charge in [-0.25, -0.2) is 0 Å². The minimum atomic E-state index is 0.165. The molecule has 1 fully saturated rings. The fraction of sp³-hybridized carbons (Fsp3) is 0.600. The second-order valence-electron chi connectivity index (χ2n) is 3.63. The molecule has 1 N–H and O–H groups in total. The van der Waals surface area contributed by atoms with Gasteiger partial charge in [0.1, 0.15) is 5.76 Å². The maximum absolute atomic E-state index is 8.87. The molecule has 0 radical (unpaired) electrons. The van der Waals surface area contributed by atoms with E-state index in [1.54, 1.807) is 6.20 Å². The lowest BCUT2D eigenvalue weighted by Crippen LogP contribution is -2.31. The SMILES string of the molecule is N#CC1CCCC1NCc1ccno1. The van der Waals surface area contributed by atoms with Gasteiger partial charge in [0.25, 0.3) is 0 Å². The number of nitrogens with zero attached hydrogens (tertiary/aromatic N) is 2. The molecule has 0 amide bonds. The molecule has 4 nitrogen and oxygen atoms in total. The van der Waals surface area contributed by atoms with Crippen molar-refractivity contribution >= 4 is 0 Å². The third-order valence-corrected chi connectivity index (χ3v) is 2.71. The van der Waals surface area contributed by atoms with Crippen LogP contribution >= 0.6 is 0 Å². The fourth-order valence-corrected chi connectivity index (χ4v) is 1.92. The topological polar surface area (TPSA) is 61.9 Å². The Morgan fingerprint density at radius 3 is 3.29 bits per heavy atom. The molecular weight excluding hydrogens is 178 g/mol. The van der Waals surface area contributed by atoms with Gasteiger partial charge in [-0.3, -0.25) is 0 Å². The normalized spacial score (nSPS) is 26.2. The number of hydrogen-bond donors (Lipinski definition) is 1. The Morgan fingerprint density at radius 1 is 1.64 bits per heavy atom. The molecule has 2 rings (SSSR count). The Hall–Kier alpha value is -1.34. The van der Waals surface area contributed by atoms with Gasteiger partial charge in [0.15, 0.2) is 0 Å². The lowest BCUT2D eigenvalue weighted by Gasteiger charge is -2.13. The Balaban J connectivity index is 1.83. The molecule has 2 unspecified atom stereocenters. The molecular formula is C10H13N3O. The molecule has 1 aliphatic carbocycles. The summed E-state index contributed by atoms with van der Waals surface area (Å²) in [5.74, 6) is 0.992. The molecule has 2 atom stereocenters. The summed E-state index contributed by atoms with van der Waals surface area (Å²) in [5.41, 5.74) is 0. The van der Waals surface area contributed by atoms with E-state index in [0.717, 1.165) is 25.0 Å². The van der Waals surface area contributed by atoms with Crippen LogP contribution < -0.4 is 5.32 Å². The van der Waals surface area contributed by atoms with Crippen molar-refractivity contribution in [2.75, 3.05) is 0 Å². The van der Waals surface area contributed by atoms with E-state index < -0.39 is 0 Å². The van der Waals surface area contributed by atoms with Crippen LogP contribution in [0.3, 0.4) is 0 Å². The average Bonchev–Trinajstić information content (AvgIpc) is 2.85. The van der Waals surface area contributed by atoms with Crippen LogP contribution in [-0.4, -0.2) is 11.2 Å². The third kappa shape index (κ3) is 1.94. The van der Waals surface area contributed by atoms with E-state index in [1.807, 2.05) is 6.07 Å². The summed E-state index contributed by atoms with van der Waals surface area (Å²) in [5, 5.41) is 15.8. The molecule has 4 heteroatoms. The van der Waals surface area contributed by atoms with E-state index in [0.29, 0.717) is 12.6 Å². The van der Waals surface area contributed by atoms with E-state index >= 15 is 0 Å². The van der Waals surface area contributed by atoms with Crippen molar-refractivity contribution in [2.24, 2.45) is 5.92 Å². The first-order chi connectivity index (χ1) is 6.90. The number of aromatic nitrogens is 1. The molecule has 74 valence electrons. The van der Waals surface area contributed by atoms with Crippen molar-refractivity contribution in [1.29, 1.82) is 5.26 Å². The van der Waals surface area contributed by atoms with Crippen LogP contribution in [0.25, 0.3) is 0 Å². The van der Waals surface area contributed by atoms with Crippen LogP contribution in [0.5, 0.6) is 0 Å². The second-order valence-corrected chi connectivity index (χ2v) is 3.63. The van der Waals surface area contributed by atoms with Gasteiger partial charge in [0.2, 0.25) is 0 Å². The molecule has 0 spiro atoms. The van der Waals surface area contributed by atoms with Crippen LogP contribution in [0.15, 0.2) is 16.8 Å². The van der Waals surface area contributed by atoms with Crippen molar-refractivity contribution in [3.8, 4) is 6.07 Å². The number of nitrogens with one attached hydrogen (secondary N) is 1. The minimum absolute atomic E-state index is 0.165. The zero-order valence-electron chi connectivity index (χ0n) is 7.94. The Labute approximate surface area is 82.9 Å². The first-order valence-corrected chi connectivity index (χ1v) is 4.92. The highest BCUT2D eigenvalue weighted by Gasteiger charge is 2.26. The Bertz CT molecular complexity index is 315. The second kappa shape index (κ2) is 4.25. The van der Waals surface area contributed by atoms with E-state index in [1.165, 1.54) is 0 Å². The van der Waals surface area contributed by atoms with Crippen molar-refractivity contribution in [3.05, 3.63) is 18.0 Å². The van der Waals surface area contributed by atoms with Crippen LogP contribution in [0, 0.1) is 17.2 Å². The van der Waals surface area contributed by atoms with Gasteiger partial charge in [0, 0.05) is 12.1 Å². The fourth-order valence-electron chi connectivity index (χ4n) is 1.92. The van der Waals surface area contributed by atoms with Crippen molar-refractivity contribution in [3.63, 3.8) is 0 Å². The first-order valence-electron chi connectivity index (χ1n) is 4.92. The van der Waals surface area contributed by atoms with Crippen molar-refractivity contribution in [1.82, 2.24) is 10.5 Å². The minimum Gasteiger partial charge on any atom is -0.360 e. The van der Waals surface area contributed by atoms with Gasteiger partial charge >= 0.3 is 0 Å². The molecule has 1 heterocycles. The number of hydrogen-bond acceptors (Lipinski definition) is 4. The highest BCUT2D eigenvalue weighted by Crippen LogP contribution is 2.24. The zero-order chi connectivity index (χ0) is 9.80. The molecule has 0 saturated heterocycles. The Kier molecular flexibility index (Phi) is 2.80. The van der Waals surface area contributed by atoms with Crippen molar-refractivity contribution < 1.29 is 4.52 Å². The third-order valence-electron chi connectivity index (χ3n) is 2.71. The van der Waals surface area contributed by atoms with Crippen LogP contribution in [0.2, 0.25) is 0 Å². The average molecular weight is 191 g/mol. The summed E-state index contributed by atoms with van der Waals surface area (Å²) in [6.07, 6.45) is 4.89. The molecule has 1 saturated carbocycles. The van der Waals surface area contributed by atoms with Crippen LogP contribution in [-0.2, 0) is 6.54 Å². The molecule has 1 aromatic rings. The van der Waals surface area contributed by atoms with Gasteiger partial charge < -0.3 is 9.84 Å². The van der Waals surface area contributed by atoms with Crippen molar-refractivity contribution in [2.45, 2.75) is 31.8 Å².